The van der Waals surface area contributed by atoms with E-state index in [-0.39, 0.29) is 35.8 Å². The third-order valence-corrected chi connectivity index (χ3v) is 7.42. The van der Waals surface area contributed by atoms with Crippen molar-refractivity contribution >= 4 is 40.9 Å². The van der Waals surface area contributed by atoms with Gasteiger partial charge in [-0.25, -0.2) is 0 Å². The Morgan fingerprint density at radius 2 is 1.61 bits per heavy atom. The highest BCUT2D eigenvalue weighted by molar-refractivity contribution is 7.99. The minimum Gasteiger partial charge on any atom is -0.352 e. The highest BCUT2D eigenvalue weighted by atomic mass is 35.5. The van der Waals surface area contributed by atoms with Gasteiger partial charge in [0, 0.05) is 41.9 Å². The number of hydrogen-bond acceptors (Lipinski definition) is 5. The van der Waals surface area contributed by atoms with E-state index in [4.69, 9.17) is 11.6 Å². The number of carbonyl (C=O) groups is 2. The third kappa shape index (κ3) is 8.89. The fraction of sp³-hybridized carbons (Fsp3) is 0.310. The lowest BCUT2D eigenvalue weighted by atomic mass is 10.0. The minimum atomic E-state index is -0.699. The molecule has 0 heterocycles. The number of halogens is 1. The molecule has 0 unspecified atom stereocenters. The molecule has 9 heteroatoms. The molecule has 3 aromatic carbocycles. The van der Waals surface area contributed by atoms with E-state index in [1.807, 2.05) is 56.3 Å². The molecule has 0 saturated heterocycles. The normalized spacial score (nSPS) is 12.4. The zero-order valence-electron chi connectivity index (χ0n) is 21.5. The van der Waals surface area contributed by atoms with Gasteiger partial charge in [0.1, 0.15) is 6.04 Å². The Morgan fingerprint density at radius 3 is 2.21 bits per heavy atom. The molecule has 1 N–H and O–H groups in total. The highest BCUT2D eigenvalue weighted by Gasteiger charge is 2.30. The predicted molar refractivity (Wildman–Crippen MR) is 153 cm³/mol. The number of nitro groups is 1. The van der Waals surface area contributed by atoms with E-state index in [1.54, 1.807) is 29.2 Å². The fourth-order valence-corrected chi connectivity index (χ4v) is 4.83. The molecule has 0 aliphatic rings. The van der Waals surface area contributed by atoms with Crippen LogP contribution in [-0.4, -0.2) is 39.5 Å². The number of thioether (sulfide) groups is 1. The summed E-state index contributed by atoms with van der Waals surface area (Å²) in [5.74, 6) is 0.325. The zero-order chi connectivity index (χ0) is 27.5. The maximum Gasteiger partial charge on any atom is 0.269 e. The zero-order valence-corrected chi connectivity index (χ0v) is 23.1. The third-order valence-electron chi connectivity index (χ3n) is 6.18. The van der Waals surface area contributed by atoms with E-state index in [1.165, 1.54) is 23.9 Å². The van der Waals surface area contributed by atoms with Crippen LogP contribution in [0.2, 0.25) is 5.02 Å². The van der Waals surface area contributed by atoms with Gasteiger partial charge in [-0.2, -0.15) is 0 Å². The van der Waals surface area contributed by atoms with Crippen molar-refractivity contribution in [2.24, 2.45) is 0 Å². The molecule has 38 heavy (non-hydrogen) atoms. The second-order valence-corrected chi connectivity index (χ2v) is 10.5. The first-order valence-electron chi connectivity index (χ1n) is 12.5. The molecule has 2 amide bonds. The van der Waals surface area contributed by atoms with Gasteiger partial charge < -0.3 is 10.2 Å². The van der Waals surface area contributed by atoms with Crippen molar-refractivity contribution in [3.63, 3.8) is 0 Å². The average molecular weight is 554 g/mol. The molecular formula is C29H32ClN3O4S. The van der Waals surface area contributed by atoms with Crippen LogP contribution >= 0.6 is 23.4 Å². The Labute approximate surface area is 232 Å². The summed E-state index contributed by atoms with van der Waals surface area (Å²) in [6, 6.07) is 22.5. The second kappa shape index (κ2) is 14.5. The van der Waals surface area contributed by atoms with Crippen LogP contribution in [0.25, 0.3) is 0 Å². The van der Waals surface area contributed by atoms with E-state index in [9.17, 15) is 19.7 Å². The van der Waals surface area contributed by atoms with Crippen LogP contribution in [0.1, 0.15) is 37.0 Å². The Balaban J connectivity index is 1.82. The van der Waals surface area contributed by atoms with Gasteiger partial charge in [0.25, 0.3) is 5.69 Å². The molecule has 7 nitrogen and oxygen atoms in total. The van der Waals surface area contributed by atoms with Crippen LogP contribution in [-0.2, 0) is 28.3 Å². The summed E-state index contributed by atoms with van der Waals surface area (Å²) in [7, 11) is 0. The molecule has 200 valence electrons. The van der Waals surface area contributed by atoms with Crippen molar-refractivity contribution in [2.75, 3.05) is 5.75 Å². The number of nitrogens with one attached hydrogen (secondary N) is 1. The Morgan fingerprint density at radius 1 is 0.974 bits per heavy atom. The average Bonchev–Trinajstić information content (AvgIpc) is 2.92. The number of nitro benzene ring substituents is 1. The van der Waals surface area contributed by atoms with Crippen molar-refractivity contribution in [1.82, 2.24) is 10.2 Å². The number of amides is 2. The molecule has 3 rings (SSSR count). The summed E-state index contributed by atoms with van der Waals surface area (Å²) in [5, 5.41) is 14.6. The van der Waals surface area contributed by atoms with Gasteiger partial charge in [0.05, 0.1) is 10.7 Å². The maximum absolute atomic E-state index is 13.6. The second-order valence-electron chi connectivity index (χ2n) is 9.09. The molecule has 0 aliphatic carbocycles. The Hall–Kier alpha value is -3.36. The van der Waals surface area contributed by atoms with E-state index < -0.39 is 11.0 Å². The van der Waals surface area contributed by atoms with Gasteiger partial charge in [-0.05, 0) is 42.2 Å². The van der Waals surface area contributed by atoms with Crippen LogP contribution < -0.4 is 5.32 Å². The van der Waals surface area contributed by atoms with Gasteiger partial charge in [0.15, 0.2) is 0 Å². The number of benzene rings is 3. The fourth-order valence-electron chi connectivity index (χ4n) is 3.83. The summed E-state index contributed by atoms with van der Waals surface area (Å²) in [6.45, 7) is 4.21. The Kier molecular flexibility index (Phi) is 11.2. The predicted octanol–water partition coefficient (Wildman–Crippen LogP) is 6.04. The molecule has 0 aromatic heterocycles. The van der Waals surface area contributed by atoms with E-state index >= 15 is 0 Å². The lowest BCUT2D eigenvalue weighted by Gasteiger charge is -2.32. The molecule has 0 radical (unpaired) electrons. The standard InChI is InChI=1S/C29H32ClN3O4S/c1-3-21(2)31-29(35)27(17-22-7-5-4-6-8-22)32(18-23-9-13-25(30)14-10-23)28(34)20-38-19-24-11-15-26(16-12-24)33(36)37/h4-16,21,27H,3,17-20H2,1-2H3,(H,31,35)/t21-,27+/m1/s1. The quantitative estimate of drug-likeness (QED) is 0.206. The van der Waals surface area contributed by atoms with Crippen LogP contribution in [0, 0.1) is 10.1 Å². The summed E-state index contributed by atoms with van der Waals surface area (Å²) in [5.41, 5.74) is 2.75. The van der Waals surface area contributed by atoms with Crippen LogP contribution in [0.4, 0.5) is 5.69 Å². The highest BCUT2D eigenvalue weighted by Crippen LogP contribution is 2.21. The topological polar surface area (TPSA) is 92.6 Å². The first kappa shape index (κ1) is 29.2. The van der Waals surface area contributed by atoms with Gasteiger partial charge in [0.2, 0.25) is 11.8 Å². The molecule has 3 aromatic rings. The van der Waals surface area contributed by atoms with E-state index in [0.717, 1.165) is 23.1 Å². The molecule has 0 saturated carbocycles. The van der Waals surface area contributed by atoms with Gasteiger partial charge in [-0.15, -0.1) is 11.8 Å². The number of non-ortho nitro benzene ring substituents is 1. The number of carbonyl (C=O) groups excluding carboxylic acids is 2. The van der Waals surface area contributed by atoms with Crippen LogP contribution in [0.15, 0.2) is 78.9 Å². The SMILES string of the molecule is CC[C@@H](C)NC(=O)[C@H](Cc1ccccc1)N(Cc1ccc(Cl)cc1)C(=O)CSCc1ccc([N+](=O)[O-])cc1. The van der Waals surface area contributed by atoms with E-state index in [2.05, 4.69) is 5.32 Å². The molecule has 0 fully saturated rings. The minimum absolute atomic E-state index is 0.0234. The van der Waals surface area contributed by atoms with Gasteiger partial charge in [-0.1, -0.05) is 73.1 Å². The lowest BCUT2D eigenvalue weighted by molar-refractivity contribution is -0.384. The van der Waals surface area contributed by atoms with E-state index in [0.29, 0.717) is 17.2 Å². The first-order chi connectivity index (χ1) is 18.3. The van der Waals surface area contributed by atoms with Gasteiger partial charge in [-0.3, -0.25) is 19.7 Å². The largest absolute Gasteiger partial charge is 0.352 e. The Bertz CT molecular complexity index is 1210. The maximum atomic E-state index is 13.6. The molecule has 0 bridgehead atoms. The molecule has 0 aliphatic heterocycles. The van der Waals surface area contributed by atoms with Crippen molar-refractivity contribution in [1.29, 1.82) is 0 Å². The first-order valence-corrected chi connectivity index (χ1v) is 14.0. The number of hydrogen-bond donors (Lipinski definition) is 1. The summed E-state index contributed by atoms with van der Waals surface area (Å²) < 4.78 is 0. The number of rotatable bonds is 13. The summed E-state index contributed by atoms with van der Waals surface area (Å²) in [6.07, 6.45) is 1.16. The van der Waals surface area contributed by atoms with Crippen molar-refractivity contribution in [2.45, 2.75) is 51.1 Å². The molecule has 0 spiro atoms. The van der Waals surface area contributed by atoms with Crippen molar-refractivity contribution in [3.05, 3.63) is 111 Å². The lowest BCUT2D eigenvalue weighted by Crippen LogP contribution is -2.52. The van der Waals surface area contributed by atoms with Crippen LogP contribution in [0.3, 0.4) is 0 Å². The van der Waals surface area contributed by atoms with Crippen molar-refractivity contribution < 1.29 is 14.5 Å². The summed E-state index contributed by atoms with van der Waals surface area (Å²) in [4.78, 5) is 39.3. The van der Waals surface area contributed by atoms with Gasteiger partial charge >= 0.3 is 0 Å². The monoisotopic (exact) mass is 553 g/mol. The smallest absolute Gasteiger partial charge is 0.269 e. The molecular weight excluding hydrogens is 522 g/mol. The van der Waals surface area contributed by atoms with Crippen LogP contribution in [0.5, 0.6) is 0 Å². The number of nitrogens with zero attached hydrogens (tertiary/aromatic N) is 2. The summed E-state index contributed by atoms with van der Waals surface area (Å²) >= 11 is 7.48. The van der Waals surface area contributed by atoms with Crippen molar-refractivity contribution in [3.8, 4) is 0 Å². The molecule has 2 atom stereocenters.